The molecule has 1 aliphatic heterocycles. The predicted octanol–water partition coefficient (Wildman–Crippen LogP) is 5.20. The van der Waals surface area contributed by atoms with Gasteiger partial charge in [0, 0.05) is 27.8 Å². The maximum Gasteiger partial charge on any atom is 0.408 e. The molecular weight excluding hydrogens is 542 g/mol. The molecular formula is C31H63N3O8. The lowest BCUT2D eigenvalue weighted by atomic mass is 9.91. The number of nitrogens with one attached hydrogen (secondary N) is 1. The van der Waals surface area contributed by atoms with Crippen molar-refractivity contribution in [3.8, 4) is 0 Å². The summed E-state index contributed by atoms with van der Waals surface area (Å²) in [5.41, 5.74) is -0.582. The van der Waals surface area contributed by atoms with Gasteiger partial charge in [0.15, 0.2) is 0 Å². The van der Waals surface area contributed by atoms with Gasteiger partial charge in [0.1, 0.15) is 12.1 Å². The van der Waals surface area contributed by atoms with Gasteiger partial charge in [0.2, 0.25) is 12.3 Å². The molecule has 0 bridgehead atoms. The first-order valence-electron chi connectivity index (χ1n) is 15.2. The minimum Gasteiger partial charge on any atom is -0.483 e. The van der Waals surface area contributed by atoms with Gasteiger partial charge in [-0.25, -0.2) is 4.79 Å². The smallest absolute Gasteiger partial charge is 0.408 e. The summed E-state index contributed by atoms with van der Waals surface area (Å²) in [7, 11) is 5.16. The Hall–Kier alpha value is -2.40. The number of alkyl carbamates (subject to hydrolysis) is 1. The van der Waals surface area contributed by atoms with Gasteiger partial charge >= 0.3 is 6.09 Å². The zero-order valence-corrected chi connectivity index (χ0v) is 28.8. The van der Waals surface area contributed by atoms with Crippen LogP contribution < -0.4 is 5.32 Å². The number of nitrogens with zero attached hydrogens (tertiary/aromatic N) is 2. The highest BCUT2D eigenvalue weighted by atomic mass is 16.6. The Bertz CT molecular complexity index is 711. The van der Waals surface area contributed by atoms with Crippen LogP contribution in [-0.2, 0) is 28.6 Å². The van der Waals surface area contributed by atoms with E-state index in [0.29, 0.717) is 17.9 Å². The van der Waals surface area contributed by atoms with Crippen molar-refractivity contribution in [2.75, 3.05) is 34.4 Å². The second-order valence-corrected chi connectivity index (χ2v) is 11.7. The third-order valence-corrected chi connectivity index (χ3v) is 6.72. The molecule has 0 radical (unpaired) electrons. The Morgan fingerprint density at radius 3 is 1.93 bits per heavy atom. The van der Waals surface area contributed by atoms with Crippen LogP contribution in [0.25, 0.3) is 0 Å². The number of hydrogen-bond donors (Lipinski definition) is 2. The summed E-state index contributed by atoms with van der Waals surface area (Å²) in [4.78, 5) is 46.7. The van der Waals surface area contributed by atoms with Crippen LogP contribution in [0.5, 0.6) is 0 Å². The number of ether oxygens (including phenoxy) is 3. The topological polar surface area (TPSA) is 135 Å². The molecule has 1 rings (SSSR count). The molecule has 3 amide bonds. The number of carbonyl (C=O) groups is 4. The first-order valence-corrected chi connectivity index (χ1v) is 15.2. The molecule has 1 heterocycles. The summed E-state index contributed by atoms with van der Waals surface area (Å²) >= 11 is 0. The van der Waals surface area contributed by atoms with Crippen LogP contribution in [0.1, 0.15) is 101 Å². The molecule has 0 saturated carbocycles. The number of carbonyl (C=O) groups excluding carboxylic acids is 3. The van der Waals surface area contributed by atoms with Crippen molar-refractivity contribution in [3.63, 3.8) is 0 Å². The lowest BCUT2D eigenvalue weighted by Crippen LogP contribution is -2.51. The molecule has 1 fully saturated rings. The molecule has 0 aliphatic carbocycles. The number of carboxylic acid groups (broad SMARTS) is 1. The Morgan fingerprint density at radius 2 is 1.57 bits per heavy atom. The quantitative estimate of drug-likeness (QED) is 0.290. The van der Waals surface area contributed by atoms with Crippen molar-refractivity contribution in [3.05, 3.63) is 0 Å². The fraction of sp³-hybridized carbons (Fsp3) is 0.871. The van der Waals surface area contributed by atoms with Crippen LogP contribution in [0, 0.1) is 11.8 Å². The van der Waals surface area contributed by atoms with Gasteiger partial charge in [-0.1, -0.05) is 61.3 Å². The summed E-state index contributed by atoms with van der Waals surface area (Å²) in [6, 6.07) is 0.269. The van der Waals surface area contributed by atoms with E-state index in [4.69, 9.17) is 24.1 Å². The van der Waals surface area contributed by atoms with Crippen LogP contribution in [0.3, 0.4) is 0 Å². The number of likely N-dealkylation sites (tertiary alicyclic amines) is 1. The van der Waals surface area contributed by atoms with Crippen molar-refractivity contribution < 1.29 is 38.5 Å². The number of rotatable bonds is 12. The highest BCUT2D eigenvalue weighted by Gasteiger charge is 2.33. The summed E-state index contributed by atoms with van der Waals surface area (Å²) in [5, 5.41) is 9.40. The molecule has 5 unspecified atom stereocenters. The van der Waals surface area contributed by atoms with E-state index in [1.807, 2.05) is 11.8 Å². The zero-order chi connectivity index (χ0) is 33.5. The number of methoxy groups -OCH3 is 2. The first-order chi connectivity index (χ1) is 19.6. The monoisotopic (exact) mass is 605 g/mol. The molecule has 11 heteroatoms. The molecule has 0 aromatic carbocycles. The van der Waals surface area contributed by atoms with Gasteiger partial charge in [0.25, 0.3) is 6.47 Å². The van der Waals surface area contributed by atoms with Crippen molar-refractivity contribution in [1.29, 1.82) is 0 Å². The van der Waals surface area contributed by atoms with Gasteiger partial charge in [-0.15, -0.1) is 0 Å². The van der Waals surface area contributed by atoms with E-state index in [1.165, 1.54) is 6.42 Å². The highest BCUT2D eigenvalue weighted by Crippen LogP contribution is 2.24. The Kier molecular flexibility index (Phi) is 26.4. The maximum absolute atomic E-state index is 12.4. The molecule has 250 valence electrons. The van der Waals surface area contributed by atoms with Gasteiger partial charge in [-0.2, -0.15) is 0 Å². The minimum absolute atomic E-state index is 0.0251. The summed E-state index contributed by atoms with van der Waals surface area (Å²) in [6.07, 6.45) is 5.73. The second kappa shape index (κ2) is 25.1. The highest BCUT2D eigenvalue weighted by molar-refractivity contribution is 5.82. The third-order valence-electron chi connectivity index (χ3n) is 6.72. The lowest BCUT2D eigenvalue weighted by Gasteiger charge is -2.37. The van der Waals surface area contributed by atoms with Crippen LogP contribution in [-0.4, -0.2) is 104 Å². The Labute approximate surface area is 256 Å². The molecule has 42 heavy (non-hydrogen) atoms. The zero-order valence-electron chi connectivity index (χ0n) is 28.8. The van der Waals surface area contributed by atoms with Gasteiger partial charge in [-0.05, 0) is 51.9 Å². The fourth-order valence-electron chi connectivity index (χ4n) is 4.71. The summed E-state index contributed by atoms with van der Waals surface area (Å²) in [5.74, 6) is 0.614. The van der Waals surface area contributed by atoms with E-state index in [1.54, 1.807) is 46.9 Å². The molecule has 1 aliphatic rings. The van der Waals surface area contributed by atoms with Crippen LogP contribution in [0.15, 0.2) is 0 Å². The first kappa shape index (κ1) is 44.0. The molecule has 1 saturated heterocycles. The van der Waals surface area contributed by atoms with Crippen molar-refractivity contribution in [2.24, 2.45) is 11.8 Å². The molecule has 0 aromatic heterocycles. The van der Waals surface area contributed by atoms with Gasteiger partial charge in [-0.3, -0.25) is 14.4 Å². The van der Waals surface area contributed by atoms with Crippen LogP contribution in [0.4, 0.5) is 4.79 Å². The van der Waals surface area contributed by atoms with E-state index in [-0.39, 0.29) is 37.2 Å². The van der Waals surface area contributed by atoms with Crippen molar-refractivity contribution in [2.45, 2.75) is 131 Å². The van der Waals surface area contributed by atoms with Crippen molar-refractivity contribution >= 4 is 24.9 Å². The maximum atomic E-state index is 12.4. The molecule has 5 atom stereocenters. The van der Waals surface area contributed by atoms with Crippen molar-refractivity contribution in [1.82, 2.24) is 15.1 Å². The van der Waals surface area contributed by atoms with Crippen LogP contribution >= 0.6 is 0 Å². The molecule has 0 spiro atoms. The molecule has 2 N–H and O–H groups in total. The van der Waals surface area contributed by atoms with E-state index in [2.05, 4.69) is 46.9 Å². The summed E-state index contributed by atoms with van der Waals surface area (Å²) < 4.78 is 16.1. The van der Waals surface area contributed by atoms with Gasteiger partial charge < -0.3 is 34.4 Å². The lowest BCUT2D eigenvalue weighted by molar-refractivity contribution is -0.135. The average molecular weight is 606 g/mol. The van der Waals surface area contributed by atoms with E-state index in [0.717, 1.165) is 38.6 Å². The third kappa shape index (κ3) is 18.9. The minimum atomic E-state index is -0.585. The SMILES string of the molecule is CCC.CCC(C)C(C(CC)OC)N(C)C(=O)CNC(=O)OC(C)(C)C.COC(C(C)C)C1CCCN1C=O.O=CO. The average Bonchev–Trinajstić information content (AvgIpc) is 3.38. The number of hydrogen-bond acceptors (Lipinski definition) is 7. The van der Waals surface area contributed by atoms with E-state index < -0.39 is 11.7 Å². The Balaban J connectivity index is -0.000000666. The second-order valence-electron chi connectivity index (χ2n) is 11.7. The van der Waals surface area contributed by atoms with E-state index in [9.17, 15) is 14.4 Å². The predicted molar refractivity (Wildman–Crippen MR) is 167 cm³/mol. The standard InChI is InChI=1S/C17H34N2O4.C10H19NO2.C3H8.CH2O2/c1-9-12(3)15(13(10-2)22-8)19(7)14(20)11-18-16(21)23-17(4,5)6;1-8(2)10(13-3)9-5-4-6-11(9)7-12;1-3-2;2-1-3/h12-13,15H,9-11H2,1-8H3,(H,18,21);7-10H,4-6H2,1-3H3;3H2,1-2H3;1H,(H,2,3). The fourth-order valence-corrected chi connectivity index (χ4v) is 4.71. The summed E-state index contributed by atoms with van der Waals surface area (Å²) in [6.45, 7) is 20.7. The number of amides is 3. The largest absolute Gasteiger partial charge is 0.483 e. The number of likely N-dealkylation sites (N-methyl/N-ethyl adjacent to an activating group) is 1. The normalized spacial score (nSPS) is 17.0. The molecule has 11 nitrogen and oxygen atoms in total. The van der Waals surface area contributed by atoms with Crippen LogP contribution in [0.2, 0.25) is 0 Å². The Morgan fingerprint density at radius 1 is 1.05 bits per heavy atom. The van der Waals surface area contributed by atoms with E-state index >= 15 is 0 Å². The molecule has 0 aromatic rings. The van der Waals surface area contributed by atoms with Gasteiger partial charge in [0.05, 0.1) is 24.3 Å².